The van der Waals surface area contributed by atoms with E-state index in [2.05, 4.69) is 120 Å². The molecule has 0 spiro atoms. The monoisotopic (exact) mass is 518 g/mol. The summed E-state index contributed by atoms with van der Waals surface area (Å²) in [6.45, 7) is 0. The van der Waals surface area contributed by atoms with E-state index in [1.807, 2.05) is 29.5 Å². The predicted octanol–water partition coefficient (Wildman–Crippen LogP) is 10.5. The lowest BCUT2D eigenvalue weighted by Gasteiger charge is -2.25. The fourth-order valence-electron chi connectivity index (χ4n) is 5.42. The van der Waals surface area contributed by atoms with E-state index in [0.29, 0.717) is 5.89 Å². The summed E-state index contributed by atoms with van der Waals surface area (Å²) in [6, 6.07) is 46.7. The van der Waals surface area contributed by atoms with Gasteiger partial charge in [0, 0.05) is 48.2 Å². The minimum absolute atomic E-state index is 0.630. The van der Waals surface area contributed by atoms with Crippen LogP contribution in [0.4, 0.5) is 17.1 Å². The molecule has 3 nitrogen and oxygen atoms in total. The maximum Gasteiger partial charge on any atom is 0.227 e. The van der Waals surface area contributed by atoms with Crippen molar-refractivity contribution in [3.05, 3.63) is 133 Å². The van der Waals surface area contributed by atoms with Gasteiger partial charge in [-0.15, -0.1) is 11.3 Å². The summed E-state index contributed by atoms with van der Waals surface area (Å²) in [5, 5.41) is 4.87. The number of thiophene rings is 1. The van der Waals surface area contributed by atoms with Gasteiger partial charge in [0.25, 0.3) is 0 Å². The molecule has 0 aliphatic carbocycles. The van der Waals surface area contributed by atoms with Gasteiger partial charge in [-0.2, -0.15) is 0 Å². The molecule has 0 saturated heterocycles. The van der Waals surface area contributed by atoms with Gasteiger partial charge in [-0.3, -0.25) is 0 Å². The largest absolute Gasteiger partial charge is 0.436 e. The highest BCUT2D eigenvalue weighted by Gasteiger charge is 2.16. The summed E-state index contributed by atoms with van der Waals surface area (Å²) in [5.74, 6) is 0.630. The van der Waals surface area contributed by atoms with E-state index >= 15 is 0 Å². The second-order valence-electron chi connectivity index (χ2n) is 9.65. The van der Waals surface area contributed by atoms with Gasteiger partial charge in [0.15, 0.2) is 5.58 Å². The lowest BCUT2D eigenvalue weighted by molar-refractivity contribution is 0.620. The van der Waals surface area contributed by atoms with E-state index in [-0.39, 0.29) is 0 Å². The molecule has 0 fully saturated rings. The number of hydrogen-bond donors (Lipinski definition) is 0. The minimum atomic E-state index is 0.630. The average molecular weight is 519 g/mol. The smallest absolute Gasteiger partial charge is 0.227 e. The molecule has 0 saturated carbocycles. The number of oxazole rings is 1. The van der Waals surface area contributed by atoms with Crippen molar-refractivity contribution < 1.29 is 4.42 Å². The molecular formula is C35H22N2OS. The zero-order valence-corrected chi connectivity index (χ0v) is 21.7. The van der Waals surface area contributed by atoms with Crippen LogP contribution in [0.1, 0.15) is 0 Å². The minimum Gasteiger partial charge on any atom is -0.436 e. The first kappa shape index (κ1) is 22.1. The molecule has 0 unspecified atom stereocenters. The van der Waals surface area contributed by atoms with Crippen LogP contribution in [-0.2, 0) is 0 Å². The van der Waals surface area contributed by atoms with E-state index in [0.717, 1.165) is 44.5 Å². The van der Waals surface area contributed by atoms with Crippen molar-refractivity contribution in [2.75, 3.05) is 4.90 Å². The average Bonchev–Trinajstić information content (AvgIpc) is 3.60. The molecule has 0 radical (unpaired) electrons. The van der Waals surface area contributed by atoms with Crippen LogP contribution >= 0.6 is 11.3 Å². The van der Waals surface area contributed by atoms with Crippen LogP contribution in [0.3, 0.4) is 0 Å². The molecule has 2 aromatic heterocycles. The van der Waals surface area contributed by atoms with Crippen molar-refractivity contribution in [1.82, 2.24) is 4.98 Å². The summed E-state index contributed by atoms with van der Waals surface area (Å²) in [7, 11) is 0. The van der Waals surface area contributed by atoms with E-state index in [1.165, 1.54) is 20.2 Å². The number of anilines is 3. The predicted molar refractivity (Wildman–Crippen MR) is 165 cm³/mol. The first-order chi connectivity index (χ1) is 19.3. The topological polar surface area (TPSA) is 29.3 Å². The highest BCUT2D eigenvalue weighted by Crippen LogP contribution is 2.41. The molecule has 0 aliphatic heterocycles. The Morgan fingerprint density at radius 3 is 2.10 bits per heavy atom. The van der Waals surface area contributed by atoms with Gasteiger partial charge >= 0.3 is 0 Å². The summed E-state index contributed by atoms with van der Waals surface area (Å²) in [6.07, 6.45) is 0. The summed E-state index contributed by atoms with van der Waals surface area (Å²) >= 11 is 1.84. The highest BCUT2D eigenvalue weighted by molar-refractivity contribution is 7.25. The van der Waals surface area contributed by atoms with Gasteiger partial charge in [0.2, 0.25) is 5.89 Å². The molecule has 184 valence electrons. The van der Waals surface area contributed by atoms with Crippen LogP contribution in [0.15, 0.2) is 138 Å². The lowest BCUT2D eigenvalue weighted by Crippen LogP contribution is -2.09. The Hall–Kier alpha value is -4.93. The second kappa shape index (κ2) is 8.83. The molecule has 0 bridgehead atoms. The van der Waals surface area contributed by atoms with Gasteiger partial charge in [0.1, 0.15) is 5.52 Å². The van der Waals surface area contributed by atoms with Gasteiger partial charge in [-0.25, -0.2) is 4.98 Å². The first-order valence-corrected chi connectivity index (χ1v) is 13.8. The Kier molecular flexibility index (Phi) is 5.00. The molecule has 0 aliphatic rings. The number of nitrogens with zero attached hydrogens (tertiary/aromatic N) is 2. The van der Waals surface area contributed by atoms with Crippen LogP contribution in [0.25, 0.3) is 53.5 Å². The molecule has 2 heterocycles. The van der Waals surface area contributed by atoms with Crippen molar-refractivity contribution in [3.63, 3.8) is 0 Å². The Labute approximate surface area is 229 Å². The highest BCUT2D eigenvalue weighted by atomic mass is 32.1. The van der Waals surface area contributed by atoms with Crippen molar-refractivity contribution in [2.45, 2.75) is 0 Å². The normalized spacial score (nSPS) is 11.6. The van der Waals surface area contributed by atoms with Crippen LogP contribution in [-0.4, -0.2) is 4.98 Å². The third kappa shape index (κ3) is 3.69. The molecule has 8 rings (SSSR count). The fraction of sp³-hybridized carbons (Fsp3) is 0. The van der Waals surface area contributed by atoms with Crippen molar-refractivity contribution in [2.24, 2.45) is 0 Å². The van der Waals surface area contributed by atoms with Crippen LogP contribution in [0, 0.1) is 0 Å². The molecule has 6 aromatic carbocycles. The number of benzene rings is 6. The molecule has 0 atom stereocenters. The van der Waals surface area contributed by atoms with Crippen LogP contribution in [0.2, 0.25) is 0 Å². The number of rotatable bonds is 4. The zero-order valence-electron chi connectivity index (χ0n) is 20.9. The number of aromatic nitrogens is 1. The summed E-state index contributed by atoms with van der Waals surface area (Å²) in [5.41, 5.74) is 5.96. The van der Waals surface area contributed by atoms with Gasteiger partial charge < -0.3 is 9.32 Å². The second-order valence-corrected chi connectivity index (χ2v) is 10.7. The zero-order chi connectivity index (χ0) is 25.8. The first-order valence-electron chi connectivity index (χ1n) is 13.0. The summed E-state index contributed by atoms with van der Waals surface area (Å²) in [4.78, 5) is 7.18. The number of fused-ring (bicyclic) bond motifs is 6. The maximum atomic E-state index is 6.19. The molecule has 39 heavy (non-hydrogen) atoms. The van der Waals surface area contributed by atoms with E-state index in [9.17, 15) is 0 Å². The Balaban J connectivity index is 1.22. The molecular weight excluding hydrogens is 496 g/mol. The third-order valence-electron chi connectivity index (χ3n) is 7.29. The van der Waals surface area contributed by atoms with Gasteiger partial charge in [0.05, 0.1) is 0 Å². The van der Waals surface area contributed by atoms with Crippen LogP contribution in [0.5, 0.6) is 0 Å². The Morgan fingerprint density at radius 2 is 1.23 bits per heavy atom. The third-order valence-corrected chi connectivity index (χ3v) is 8.42. The Bertz CT molecular complexity index is 2120. The number of para-hydroxylation sites is 1. The molecule has 0 amide bonds. The van der Waals surface area contributed by atoms with Gasteiger partial charge in [-0.1, -0.05) is 72.8 Å². The maximum absolute atomic E-state index is 6.19. The quantitative estimate of drug-likeness (QED) is 0.232. The van der Waals surface area contributed by atoms with Crippen molar-refractivity contribution in [1.29, 1.82) is 0 Å². The van der Waals surface area contributed by atoms with Crippen molar-refractivity contribution >= 4 is 70.4 Å². The van der Waals surface area contributed by atoms with E-state index < -0.39 is 0 Å². The molecule has 0 N–H and O–H groups in total. The fourth-order valence-corrected chi connectivity index (χ4v) is 6.55. The Morgan fingerprint density at radius 1 is 0.538 bits per heavy atom. The van der Waals surface area contributed by atoms with Gasteiger partial charge in [-0.05, 0) is 66.0 Å². The summed E-state index contributed by atoms with van der Waals surface area (Å²) < 4.78 is 8.78. The van der Waals surface area contributed by atoms with E-state index in [4.69, 9.17) is 9.40 Å². The molecule has 8 aromatic rings. The molecule has 4 heteroatoms. The standard InChI is InChI=1S/C35H22N2OS/c1-2-9-25(10-3-1)37(27-19-20-30-29-12-6-7-13-32(29)39-33(30)22-27)26-17-14-24(15-18-26)35-36-34-28-11-5-4-8-23(28)16-21-31(34)38-35/h1-22H. The van der Waals surface area contributed by atoms with E-state index in [1.54, 1.807) is 0 Å². The van der Waals surface area contributed by atoms with Crippen molar-refractivity contribution in [3.8, 4) is 11.5 Å². The van der Waals surface area contributed by atoms with Crippen LogP contribution < -0.4 is 4.90 Å². The lowest BCUT2D eigenvalue weighted by atomic mass is 10.1. The SMILES string of the molecule is c1ccc(N(c2ccc(-c3nc4c(ccc5ccccc54)o3)cc2)c2ccc3c(c2)sc2ccccc23)cc1. The number of hydrogen-bond acceptors (Lipinski definition) is 4.